The van der Waals surface area contributed by atoms with Gasteiger partial charge in [0.15, 0.2) is 5.65 Å². The molecule has 0 radical (unpaired) electrons. The fraction of sp³-hybridized carbons (Fsp3) is 0.154. The molecule has 0 unspecified atom stereocenters. The van der Waals surface area contributed by atoms with E-state index in [2.05, 4.69) is 15.0 Å². The smallest absolute Gasteiger partial charge is 0.330 e. The van der Waals surface area contributed by atoms with Crippen LogP contribution in [0.25, 0.3) is 22.6 Å². The van der Waals surface area contributed by atoms with Gasteiger partial charge in [0, 0.05) is 18.2 Å². The Hall–Kier alpha value is -2.77. The van der Waals surface area contributed by atoms with Gasteiger partial charge in [0.25, 0.3) is 5.56 Å². The number of hydrogen-bond acceptors (Lipinski definition) is 3. The van der Waals surface area contributed by atoms with Crippen molar-refractivity contribution in [1.29, 1.82) is 0 Å². The van der Waals surface area contributed by atoms with Gasteiger partial charge in [-0.3, -0.25) is 14.3 Å². The molecule has 0 aliphatic carbocycles. The molecule has 0 atom stereocenters. The predicted molar refractivity (Wildman–Crippen MR) is 72.0 cm³/mol. The summed E-state index contributed by atoms with van der Waals surface area (Å²) in [5, 5.41) is 0. The van der Waals surface area contributed by atoms with E-state index in [4.69, 9.17) is 0 Å². The molecular formula is C13H10F2N4O2. The maximum absolute atomic E-state index is 13.3. The Morgan fingerprint density at radius 2 is 1.81 bits per heavy atom. The minimum absolute atomic E-state index is 0.0797. The van der Waals surface area contributed by atoms with E-state index < -0.39 is 22.9 Å². The van der Waals surface area contributed by atoms with Crippen molar-refractivity contribution in [2.75, 3.05) is 0 Å². The minimum Gasteiger partial charge on any atom is -0.332 e. The molecule has 0 saturated carbocycles. The lowest BCUT2D eigenvalue weighted by atomic mass is 10.2. The van der Waals surface area contributed by atoms with Gasteiger partial charge >= 0.3 is 5.69 Å². The van der Waals surface area contributed by atoms with E-state index in [1.807, 2.05) is 0 Å². The molecule has 8 heteroatoms. The highest BCUT2D eigenvalue weighted by atomic mass is 19.1. The lowest BCUT2D eigenvalue weighted by Crippen LogP contribution is -2.29. The van der Waals surface area contributed by atoms with Crippen molar-refractivity contribution < 1.29 is 8.78 Å². The quantitative estimate of drug-likeness (QED) is 0.748. The molecule has 3 rings (SSSR count). The van der Waals surface area contributed by atoms with Crippen LogP contribution >= 0.6 is 0 Å². The molecule has 0 saturated heterocycles. The number of aromatic nitrogens is 4. The number of fused-ring (bicyclic) bond motifs is 1. The number of aromatic amines is 2. The first-order chi connectivity index (χ1) is 9.99. The standard InChI is InChI=1S/C13H10F2N4O2/c1-2-19-11-9(12(20)18-13(19)21)16-10(17-11)6-3-7(14)5-8(15)4-6/h3-5H,2H2,1H3,(H,16,17)(H,18,20,21). The molecule has 2 aromatic heterocycles. The summed E-state index contributed by atoms with van der Waals surface area (Å²) in [6.45, 7) is 2.02. The van der Waals surface area contributed by atoms with Crippen molar-refractivity contribution in [3.05, 3.63) is 50.7 Å². The van der Waals surface area contributed by atoms with E-state index in [1.165, 1.54) is 4.57 Å². The van der Waals surface area contributed by atoms with Crippen LogP contribution in [0.15, 0.2) is 27.8 Å². The molecule has 21 heavy (non-hydrogen) atoms. The number of imidazole rings is 1. The van der Waals surface area contributed by atoms with Crippen LogP contribution in [-0.4, -0.2) is 19.5 Å². The molecule has 0 amide bonds. The average Bonchev–Trinajstić information content (AvgIpc) is 2.83. The average molecular weight is 292 g/mol. The van der Waals surface area contributed by atoms with Gasteiger partial charge in [0.05, 0.1) is 0 Å². The van der Waals surface area contributed by atoms with Gasteiger partial charge in [-0.15, -0.1) is 0 Å². The fourth-order valence-electron chi connectivity index (χ4n) is 2.16. The predicted octanol–water partition coefficient (Wildman–Crippen LogP) is 1.38. The first-order valence-corrected chi connectivity index (χ1v) is 6.19. The van der Waals surface area contributed by atoms with Crippen LogP contribution < -0.4 is 11.2 Å². The molecule has 0 aliphatic rings. The van der Waals surface area contributed by atoms with Crippen molar-refractivity contribution in [2.45, 2.75) is 13.5 Å². The summed E-state index contributed by atoms with van der Waals surface area (Å²) < 4.78 is 27.8. The monoisotopic (exact) mass is 292 g/mol. The van der Waals surface area contributed by atoms with Crippen LogP contribution in [0, 0.1) is 11.6 Å². The van der Waals surface area contributed by atoms with E-state index in [0.29, 0.717) is 6.54 Å². The Labute approximate surface area is 116 Å². The maximum atomic E-state index is 13.3. The molecular weight excluding hydrogens is 282 g/mol. The van der Waals surface area contributed by atoms with E-state index in [1.54, 1.807) is 6.92 Å². The Morgan fingerprint density at radius 3 is 2.43 bits per heavy atom. The first kappa shape index (κ1) is 13.2. The first-order valence-electron chi connectivity index (χ1n) is 6.19. The zero-order chi connectivity index (χ0) is 15.1. The number of H-pyrrole nitrogens is 2. The zero-order valence-corrected chi connectivity index (χ0v) is 10.9. The van der Waals surface area contributed by atoms with Crippen LogP contribution in [0.4, 0.5) is 8.78 Å². The molecule has 2 heterocycles. The van der Waals surface area contributed by atoms with Crippen LogP contribution in [-0.2, 0) is 6.54 Å². The van der Waals surface area contributed by atoms with Gasteiger partial charge in [0.2, 0.25) is 0 Å². The van der Waals surface area contributed by atoms with Crippen LogP contribution in [0.2, 0.25) is 0 Å². The molecule has 0 aliphatic heterocycles. The third-order valence-corrected chi connectivity index (χ3v) is 3.09. The second-order valence-corrected chi connectivity index (χ2v) is 4.45. The van der Waals surface area contributed by atoms with Crippen molar-refractivity contribution in [2.24, 2.45) is 0 Å². The number of halogens is 2. The lowest BCUT2D eigenvalue weighted by Gasteiger charge is -2.00. The second-order valence-electron chi connectivity index (χ2n) is 4.45. The summed E-state index contributed by atoms with van der Waals surface area (Å²) in [5.41, 5.74) is -0.839. The Kier molecular flexibility index (Phi) is 2.93. The van der Waals surface area contributed by atoms with E-state index in [-0.39, 0.29) is 22.6 Å². The molecule has 0 spiro atoms. The largest absolute Gasteiger partial charge is 0.332 e. The molecule has 3 aromatic rings. The number of benzene rings is 1. The highest BCUT2D eigenvalue weighted by Gasteiger charge is 2.14. The van der Waals surface area contributed by atoms with Crippen molar-refractivity contribution >= 4 is 11.2 Å². The van der Waals surface area contributed by atoms with Gasteiger partial charge in [-0.05, 0) is 19.1 Å². The summed E-state index contributed by atoms with van der Waals surface area (Å²) in [6.07, 6.45) is 0. The summed E-state index contributed by atoms with van der Waals surface area (Å²) in [5.74, 6) is -1.40. The van der Waals surface area contributed by atoms with Crippen molar-refractivity contribution in [3.63, 3.8) is 0 Å². The van der Waals surface area contributed by atoms with E-state index in [0.717, 1.165) is 18.2 Å². The number of nitrogens with zero attached hydrogens (tertiary/aromatic N) is 2. The highest BCUT2D eigenvalue weighted by Crippen LogP contribution is 2.20. The number of hydrogen-bond donors (Lipinski definition) is 2. The second kappa shape index (κ2) is 4.65. The number of aryl methyl sites for hydroxylation is 1. The van der Waals surface area contributed by atoms with E-state index >= 15 is 0 Å². The molecule has 0 bridgehead atoms. The van der Waals surface area contributed by atoms with Gasteiger partial charge in [-0.1, -0.05) is 0 Å². The van der Waals surface area contributed by atoms with E-state index in [9.17, 15) is 18.4 Å². The normalized spacial score (nSPS) is 11.2. The summed E-state index contributed by atoms with van der Waals surface area (Å²) >= 11 is 0. The summed E-state index contributed by atoms with van der Waals surface area (Å²) in [6, 6.07) is 2.91. The lowest BCUT2D eigenvalue weighted by molar-refractivity contribution is 0.584. The van der Waals surface area contributed by atoms with Gasteiger partial charge in [0.1, 0.15) is 23.0 Å². The summed E-state index contributed by atoms with van der Waals surface area (Å²) in [7, 11) is 0. The topological polar surface area (TPSA) is 83.5 Å². The summed E-state index contributed by atoms with van der Waals surface area (Å²) in [4.78, 5) is 32.4. The molecule has 0 fully saturated rings. The van der Waals surface area contributed by atoms with Crippen LogP contribution in [0.5, 0.6) is 0 Å². The molecule has 1 aromatic carbocycles. The molecule has 2 N–H and O–H groups in total. The van der Waals surface area contributed by atoms with Crippen LogP contribution in [0.3, 0.4) is 0 Å². The SMILES string of the molecule is CCn1c(=O)[nH]c(=O)c2[nH]c(-c3cc(F)cc(F)c3)nc21. The van der Waals surface area contributed by atoms with Crippen molar-refractivity contribution in [1.82, 2.24) is 19.5 Å². The Balaban J connectivity index is 2.33. The maximum Gasteiger partial charge on any atom is 0.330 e. The molecule has 6 nitrogen and oxygen atoms in total. The third-order valence-electron chi connectivity index (χ3n) is 3.09. The van der Waals surface area contributed by atoms with Gasteiger partial charge < -0.3 is 4.98 Å². The number of nitrogens with one attached hydrogen (secondary N) is 2. The molecule has 108 valence electrons. The van der Waals surface area contributed by atoms with Crippen molar-refractivity contribution in [3.8, 4) is 11.4 Å². The Bertz CT molecular complexity index is 935. The van der Waals surface area contributed by atoms with Gasteiger partial charge in [-0.2, -0.15) is 0 Å². The van der Waals surface area contributed by atoms with Crippen LogP contribution in [0.1, 0.15) is 6.92 Å². The Morgan fingerprint density at radius 1 is 1.14 bits per heavy atom. The fourth-order valence-corrected chi connectivity index (χ4v) is 2.16. The van der Waals surface area contributed by atoms with Gasteiger partial charge in [-0.25, -0.2) is 18.6 Å². The minimum atomic E-state index is -0.757. The highest BCUT2D eigenvalue weighted by molar-refractivity contribution is 5.75. The third kappa shape index (κ3) is 2.14. The number of rotatable bonds is 2. The zero-order valence-electron chi connectivity index (χ0n) is 10.9.